The van der Waals surface area contributed by atoms with Gasteiger partial charge in [-0.05, 0) is 42.8 Å². The van der Waals surface area contributed by atoms with Crippen LogP contribution in [-0.4, -0.2) is 45.8 Å². The van der Waals surface area contributed by atoms with Crippen LogP contribution in [0.25, 0.3) is 0 Å². The number of nitrogens with zero attached hydrogens (tertiary/aromatic N) is 1. The first-order valence-corrected chi connectivity index (χ1v) is 10.1. The van der Waals surface area contributed by atoms with Gasteiger partial charge in [-0.1, -0.05) is 17.7 Å². The van der Waals surface area contributed by atoms with Crippen molar-refractivity contribution in [1.29, 1.82) is 0 Å². The molecule has 1 fully saturated rings. The molecule has 9 heteroatoms. The zero-order valence-electron chi connectivity index (χ0n) is 14.6. The number of morpholine rings is 1. The molecule has 0 spiro atoms. The SMILES string of the molecule is Cc1ccc(C(=O)O)cc1S(=O)(=O)Nc1cc(Cl)ccc1N1CCOCC1. The summed E-state index contributed by atoms with van der Waals surface area (Å²) in [5.74, 6) is -1.19. The predicted octanol–water partition coefficient (Wildman–Crippen LogP) is 2.98. The maximum Gasteiger partial charge on any atom is 0.335 e. The smallest absolute Gasteiger partial charge is 0.335 e. The Bertz CT molecular complexity index is 972. The minimum absolute atomic E-state index is 0.0877. The number of nitrogens with one attached hydrogen (secondary N) is 1. The number of carbonyl (C=O) groups is 1. The minimum atomic E-state index is -4.01. The molecular formula is C18H19ClN2O5S. The lowest BCUT2D eigenvalue weighted by molar-refractivity contribution is 0.0696. The van der Waals surface area contributed by atoms with Crippen LogP contribution in [-0.2, 0) is 14.8 Å². The normalized spacial score (nSPS) is 14.8. The van der Waals surface area contributed by atoms with E-state index in [-0.39, 0.29) is 10.5 Å². The van der Waals surface area contributed by atoms with Crippen molar-refractivity contribution in [2.75, 3.05) is 35.9 Å². The number of carboxylic acids is 1. The highest BCUT2D eigenvalue weighted by Gasteiger charge is 2.23. The minimum Gasteiger partial charge on any atom is -0.478 e. The first-order chi connectivity index (χ1) is 12.8. The number of anilines is 2. The van der Waals surface area contributed by atoms with E-state index in [1.807, 2.05) is 4.90 Å². The molecule has 0 atom stereocenters. The third-order valence-corrected chi connectivity index (χ3v) is 6.02. The first-order valence-electron chi connectivity index (χ1n) is 8.27. The average molecular weight is 411 g/mol. The third kappa shape index (κ3) is 4.35. The molecule has 0 saturated carbocycles. The number of rotatable bonds is 5. The van der Waals surface area contributed by atoms with Gasteiger partial charge >= 0.3 is 5.97 Å². The molecule has 0 radical (unpaired) electrons. The molecule has 7 nitrogen and oxygen atoms in total. The van der Waals surface area contributed by atoms with E-state index in [0.717, 1.165) is 6.07 Å². The van der Waals surface area contributed by atoms with Crippen molar-refractivity contribution >= 4 is 39.0 Å². The molecule has 1 heterocycles. The molecule has 1 saturated heterocycles. The van der Waals surface area contributed by atoms with E-state index >= 15 is 0 Å². The number of ether oxygens (including phenoxy) is 1. The zero-order chi connectivity index (χ0) is 19.6. The highest BCUT2D eigenvalue weighted by atomic mass is 35.5. The van der Waals surface area contributed by atoms with Gasteiger partial charge in [-0.2, -0.15) is 0 Å². The standard InChI is InChI=1S/C18H19ClN2O5S/c1-12-2-3-13(18(22)23)10-17(12)27(24,25)20-15-11-14(19)4-5-16(15)21-6-8-26-9-7-21/h2-5,10-11,20H,6-9H2,1H3,(H,22,23). The van der Waals surface area contributed by atoms with Crippen LogP contribution < -0.4 is 9.62 Å². The zero-order valence-corrected chi connectivity index (χ0v) is 16.2. The summed E-state index contributed by atoms with van der Waals surface area (Å²) in [7, 11) is -4.01. The van der Waals surface area contributed by atoms with Crippen LogP contribution in [0.5, 0.6) is 0 Å². The van der Waals surface area contributed by atoms with E-state index in [4.69, 9.17) is 21.4 Å². The molecule has 0 aliphatic carbocycles. The third-order valence-electron chi connectivity index (χ3n) is 4.28. The number of carboxylic acid groups (broad SMARTS) is 1. The summed E-state index contributed by atoms with van der Waals surface area (Å²) in [6.45, 7) is 3.97. The Kier molecular flexibility index (Phi) is 5.59. The molecule has 0 bridgehead atoms. The van der Waals surface area contributed by atoms with Crippen LogP contribution in [0.1, 0.15) is 15.9 Å². The van der Waals surface area contributed by atoms with Gasteiger partial charge in [-0.3, -0.25) is 4.72 Å². The summed E-state index contributed by atoms with van der Waals surface area (Å²) in [5.41, 5.74) is 1.38. The fourth-order valence-corrected chi connectivity index (χ4v) is 4.40. The van der Waals surface area contributed by atoms with Crippen LogP contribution in [0, 0.1) is 6.92 Å². The molecule has 27 heavy (non-hydrogen) atoms. The molecule has 2 aromatic carbocycles. The second-order valence-corrected chi connectivity index (χ2v) is 8.24. The Balaban J connectivity index is 2.00. The summed E-state index contributed by atoms with van der Waals surface area (Å²) < 4.78 is 33.8. The molecule has 144 valence electrons. The van der Waals surface area contributed by atoms with Gasteiger partial charge in [0.15, 0.2) is 0 Å². The fraction of sp³-hybridized carbons (Fsp3) is 0.278. The molecule has 0 amide bonds. The number of hydrogen-bond acceptors (Lipinski definition) is 5. The van der Waals surface area contributed by atoms with E-state index in [9.17, 15) is 13.2 Å². The molecule has 2 N–H and O–H groups in total. The summed E-state index contributed by atoms with van der Waals surface area (Å²) in [6.07, 6.45) is 0. The van der Waals surface area contributed by atoms with E-state index in [1.165, 1.54) is 12.1 Å². The number of aryl methyl sites for hydroxylation is 1. The molecule has 1 aliphatic rings. The summed E-state index contributed by atoms with van der Waals surface area (Å²) >= 11 is 6.07. The lowest BCUT2D eigenvalue weighted by Crippen LogP contribution is -2.36. The number of hydrogen-bond donors (Lipinski definition) is 2. The van der Waals surface area contributed by atoms with E-state index < -0.39 is 16.0 Å². The molecule has 0 unspecified atom stereocenters. The van der Waals surface area contributed by atoms with Crippen molar-refractivity contribution < 1.29 is 23.1 Å². The van der Waals surface area contributed by atoms with Gasteiger partial charge in [-0.25, -0.2) is 13.2 Å². The van der Waals surface area contributed by atoms with E-state index in [1.54, 1.807) is 25.1 Å². The Labute approximate surface area is 162 Å². The predicted molar refractivity (Wildman–Crippen MR) is 103 cm³/mol. The maximum absolute atomic E-state index is 13.0. The second kappa shape index (κ2) is 7.75. The van der Waals surface area contributed by atoms with Crippen molar-refractivity contribution in [1.82, 2.24) is 0 Å². The highest BCUT2D eigenvalue weighted by Crippen LogP contribution is 2.32. The number of sulfonamides is 1. The highest BCUT2D eigenvalue weighted by molar-refractivity contribution is 7.92. The summed E-state index contributed by atoms with van der Waals surface area (Å²) in [5, 5.41) is 9.54. The first kappa shape index (κ1) is 19.5. The molecule has 2 aromatic rings. The van der Waals surface area contributed by atoms with Crippen LogP contribution in [0.15, 0.2) is 41.3 Å². The lowest BCUT2D eigenvalue weighted by atomic mass is 10.1. The Morgan fingerprint density at radius 3 is 2.56 bits per heavy atom. The van der Waals surface area contributed by atoms with Crippen LogP contribution in [0.4, 0.5) is 11.4 Å². The Morgan fingerprint density at radius 2 is 1.89 bits per heavy atom. The topological polar surface area (TPSA) is 95.9 Å². The monoisotopic (exact) mass is 410 g/mol. The Hall–Kier alpha value is -2.29. The van der Waals surface area contributed by atoms with E-state index in [2.05, 4.69) is 4.72 Å². The lowest BCUT2D eigenvalue weighted by Gasteiger charge is -2.30. The fourth-order valence-electron chi connectivity index (χ4n) is 2.89. The summed E-state index contributed by atoms with van der Waals surface area (Å²) in [6, 6.07) is 8.99. The average Bonchev–Trinajstić information content (AvgIpc) is 2.62. The van der Waals surface area contributed by atoms with Gasteiger partial charge in [0.2, 0.25) is 0 Å². The van der Waals surface area contributed by atoms with Gasteiger partial charge in [-0.15, -0.1) is 0 Å². The van der Waals surface area contributed by atoms with Crippen molar-refractivity contribution in [3.63, 3.8) is 0 Å². The largest absolute Gasteiger partial charge is 0.478 e. The quantitative estimate of drug-likeness (QED) is 0.786. The van der Waals surface area contributed by atoms with Crippen LogP contribution >= 0.6 is 11.6 Å². The molecular weight excluding hydrogens is 392 g/mol. The van der Waals surface area contributed by atoms with Gasteiger partial charge in [0.05, 0.1) is 35.0 Å². The van der Waals surface area contributed by atoms with Gasteiger partial charge < -0.3 is 14.7 Å². The number of halogens is 1. The van der Waals surface area contributed by atoms with Crippen molar-refractivity contribution in [2.45, 2.75) is 11.8 Å². The van der Waals surface area contributed by atoms with Gasteiger partial charge in [0.1, 0.15) is 0 Å². The van der Waals surface area contributed by atoms with E-state index in [0.29, 0.717) is 48.3 Å². The number of aromatic carboxylic acids is 1. The number of benzene rings is 2. The van der Waals surface area contributed by atoms with Crippen molar-refractivity contribution in [2.24, 2.45) is 0 Å². The Morgan fingerprint density at radius 1 is 1.19 bits per heavy atom. The molecule has 1 aliphatic heterocycles. The van der Waals surface area contributed by atoms with Crippen molar-refractivity contribution in [3.8, 4) is 0 Å². The summed E-state index contributed by atoms with van der Waals surface area (Å²) in [4.78, 5) is 13.1. The van der Waals surface area contributed by atoms with Crippen LogP contribution in [0.3, 0.4) is 0 Å². The van der Waals surface area contributed by atoms with Gasteiger partial charge in [0, 0.05) is 18.1 Å². The second-order valence-electron chi connectivity index (χ2n) is 6.15. The van der Waals surface area contributed by atoms with Crippen molar-refractivity contribution in [3.05, 3.63) is 52.5 Å². The molecule has 3 rings (SSSR count). The van der Waals surface area contributed by atoms with Gasteiger partial charge in [0.25, 0.3) is 10.0 Å². The maximum atomic E-state index is 13.0. The molecule has 0 aromatic heterocycles. The van der Waals surface area contributed by atoms with Crippen LogP contribution in [0.2, 0.25) is 5.02 Å².